The van der Waals surface area contributed by atoms with Gasteiger partial charge in [0.15, 0.2) is 0 Å². The number of rotatable bonds is 5. The highest BCUT2D eigenvalue weighted by atomic mass is 16.5. The van der Waals surface area contributed by atoms with Crippen LogP contribution in [0.3, 0.4) is 0 Å². The molecule has 1 N–H and O–H groups in total. The van der Waals surface area contributed by atoms with Gasteiger partial charge in [-0.3, -0.25) is 9.78 Å². The summed E-state index contributed by atoms with van der Waals surface area (Å²) < 4.78 is 5.89. The molecule has 4 atom stereocenters. The van der Waals surface area contributed by atoms with Crippen molar-refractivity contribution in [3.8, 4) is 11.1 Å². The predicted molar refractivity (Wildman–Crippen MR) is 123 cm³/mol. The lowest BCUT2D eigenvalue weighted by Crippen LogP contribution is -2.62. The fourth-order valence-corrected chi connectivity index (χ4v) is 5.25. The molecule has 1 aromatic heterocycles. The minimum atomic E-state index is -0.518. The van der Waals surface area contributed by atoms with Crippen molar-refractivity contribution >= 4 is 5.91 Å². The van der Waals surface area contributed by atoms with Gasteiger partial charge in [-0.05, 0) is 54.2 Å². The number of carbonyl (C=O) groups excluding carboxylic acids is 1. The number of ether oxygens (including phenoxy) is 1. The molecule has 5 heteroatoms. The number of hydrogen-bond acceptors (Lipinski definition) is 4. The molecular formula is C27H28N2O3. The van der Waals surface area contributed by atoms with Crippen molar-refractivity contribution in [3.63, 3.8) is 0 Å². The Labute approximate surface area is 188 Å². The third-order valence-electron chi connectivity index (χ3n) is 6.84. The summed E-state index contributed by atoms with van der Waals surface area (Å²) in [5.41, 5.74) is 3.68. The number of morpholine rings is 1. The van der Waals surface area contributed by atoms with Crippen molar-refractivity contribution in [2.45, 2.75) is 37.5 Å². The van der Waals surface area contributed by atoms with Crippen LogP contribution in [0.25, 0.3) is 11.1 Å². The molecule has 2 aliphatic rings. The van der Waals surface area contributed by atoms with Crippen LogP contribution in [0.4, 0.5) is 0 Å². The van der Waals surface area contributed by atoms with Crippen LogP contribution >= 0.6 is 0 Å². The van der Waals surface area contributed by atoms with Gasteiger partial charge in [0, 0.05) is 23.9 Å². The molecule has 2 fully saturated rings. The highest BCUT2D eigenvalue weighted by Crippen LogP contribution is 2.37. The summed E-state index contributed by atoms with van der Waals surface area (Å²) in [7, 11) is 0. The first-order chi connectivity index (χ1) is 15.7. The van der Waals surface area contributed by atoms with Gasteiger partial charge in [0.25, 0.3) is 5.91 Å². The van der Waals surface area contributed by atoms with Gasteiger partial charge in [-0.1, -0.05) is 48.5 Å². The van der Waals surface area contributed by atoms with Crippen molar-refractivity contribution in [1.29, 1.82) is 0 Å². The first-order valence-corrected chi connectivity index (χ1v) is 11.3. The zero-order valence-electron chi connectivity index (χ0n) is 18.0. The smallest absolute Gasteiger partial charge is 0.255 e. The van der Waals surface area contributed by atoms with Crippen LogP contribution in [-0.4, -0.2) is 52.3 Å². The summed E-state index contributed by atoms with van der Waals surface area (Å²) in [6.45, 7) is 1.03. The van der Waals surface area contributed by atoms with Gasteiger partial charge < -0.3 is 14.7 Å². The van der Waals surface area contributed by atoms with E-state index < -0.39 is 6.10 Å². The summed E-state index contributed by atoms with van der Waals surface area (Å²) >= 11 is 0. The van der Waals surface area contributed by atoms with Gasteiger partial charge >= 0.3 is 0 Å². The quantitative estimate of drug-likeness (QED) is 0.668. The molecule has 32 heavy (non-hydrogen) atoms. The standard InChI is InChI=1S/C27H28N2O3/c30-26(16-19-6-2-1-3-7-19)24-11-10-21-17-32-18-25(24)29(21)27(31)23-9-5-4-8-22(23)20-12-14-28-15-13-20/h1-9,12-15,21,24-26,30H,10-11,16-18H2/t21-,24?,25-,26?/m0/s1. The van der Waals surface area contributed by atoms with Gasteiger partial charge in [-0.15, -0.1) is 0 Å². The maximum Gasteiger partial charge on any atom is 0.255 e. The molecule has 1 amide bonds. The van der Waals surface area contributed by atoms with Crippen LogP contribution < -0.4 is 0 Å². The van der Waals surface area contributed by atoms with Crippen molar-refractivity contribution < 1.29 is 14.6 Å². The molecule has 2 saturated heterocycles. The second-order valence-electron chi connectivity index (χ2n) is 8.75. The highest BCUT2D eigenvalue weighted by Gasteiger charge is 2.45. The van der Waals surface area contributed by atoms with Crippen LogP contribution in [-0.2, 0) is 11.2 Å². The Morgan fingerprint density at radius 2 is 1.75 bits per heavy atom. The molecule has 0 spiro atoms. The number of amides is 1. The van der Waals surface area contributed by atoms with Crippen LogP contribution in [0, 0.1) is 5.92 Å². The van der Waals surface area contributed by atoms with Crippen molar-refractivity contribution in [2.75, 3.05) is 13.2 Å². The maximum atomic E-state index is 13.9. The molecule has 5 rings (SSSR count). The third kappa shape index (κ3) is 4.06. The van der Waals surface area contributed by atoms with E-state index in [1.54, 1.807) is 12.4 Å². The first kappa shape index (κ1) is 20.9. The van der Waals surface area contributed by atoms with Gasteiger partial charge in [-0.25, -0.2) is 0 Å². The molecule has 0 aliphatic carbocycles. The number of nitrogens with zero attached hydrogens (tertiary/aromatic N) is 2. The molecule has 5 nitrogen and oxygen atoms in total. The number of aliphatic hydroxyl groups is 1. The van der Waals surface area contributed by atoms with Crippen molar-refractivity contribution in [2.24, 2.45) is 5.92 Å². The zero-order valence-corrected chi connectivity index (χ0v) is 18.0. The predicted octanol–water partition coefficient (Wildman–Crippen LogP) is 3.97. The van der Waals surface area contributed by atoms with E-state index in [4.69, 9.17) is 4.74 Å². The SMILES string of the molecule is O=C(c1ccccc1-c1ccncc1)N1[C@H]2CCC(C(O)Cc3ccccc3)[C@@H]1COC2. The van der Waals surface area contributed by atoms with Crippen LogP contribution in [0.5, 0.6) is 0 Å². The highest BCUT2D eigenvalue weighted by molar-refractivity contribution is 6.01. The fraction of sp³-hybridized carbons (Fsp3) is 0.333. The molecule has 0 radical (unpaired) electrons. The van der Waals surface area contributed by atoms with Crippen molar-refractivity contribution in [3.05, 3.63) is 90.3 Å². The van der Waals surface area contributed by atoms with Gasteiger partial charge in [0.2, 0.25) is 0 Å². The van der Waals surface area contributed by atoms with Crippen LogP contribution in [0.15, 0.2) is 79.1 Å². The minimum Gasteiger partial charge on any atom is -0.392 e. The number of hydrogen-bond donors (Lipinski definition) is 1. The van der Waals surface area contributed by atoms with E-state index in [0.717, 1.165) is 29.5 Å². The Morgan fingerprint density at radius 3 is 2.56 bits per heavy atom. The Morgan fingerprint density at radius 1 is 1.00 bits per heavy atom. The summed E-state index contributed by atoms with van der Waals surface area (Å²) in [6.07, 6.45) is 5.31. The molecule has 3 heterocycles. The van der Waals surface area contributed by atoms with E-state index in [1.807, 2.05) is 71.6 Å². The summed E-state index contributed by atoms with van der Waals surface area (Å²) in [4.78, 5) is 20.0. The van der Waals surface area contributed by atoms with Gasteiger partial charge in [0.05, 0.1) is 31.4 Å². The number of pyridine rings is 1. The molecule has 0 saturated carbocycles. The average molecular weight is 429 g/mol. The normalized spacial score (nSPS) is 23.5. The Balaban J connectivity index is 1.44. The lowest BCUT2D eigenvalue weighted by atomic mass is 9.78. The summed E-state index contributed by atoms with van der Waals surface area (Å²) in [6, 6.07) is 21.6. The largest absolute Gasteiger partial charge is 0.392 e. The number of carbonyl (C=O) groups is 1. The molecule has 2 bridgehead atoms. The van der Waals surface area contributed by atoms with Crippen molar-refractivity contribution in [1.82, 2.24) is 9.88 Å². The maximum absolute atomic E-state index is 13.9. The Hall–Kier alpha value is -3.02. The van der Waals surface area contributed by atoms with E-state index >= 15 is 0 Å². The molecule has 2 aliphatic heterocycles. The first-order valence-electron chi connectivity index (χ1n) is 11.3. The van der Waals surface area contributed by atoms with E-state index in [-0.39, 0.29) is 23.9 Å². The van der Waals surface area contributed by atoms with Gasteiger partial charge in [-0.2, -0.15) is 0 Å². The molecule has 3 aromatic rings. The Bertz CT molecular complexity index is 1060. The molecule has 2 aromatic carbocycles. The van der Waals surface area contributed by atoms with Crippen LogP contribution in [0.1, 0.15) is 28.8 Å². The number of aliphatic hydroxyl groups excluding tert-OH is 1. The van der Waals surface area contributed by atoms with E-state index in [9.17, 15) is 9.90 Å². The summed E-state index contributed by atoms with van der Waals surface area (Å²) in [5.74, 6) is 0.0103. The minimum absolute atomic E-state index is 0.0104. The second-order valence-corrected chi connectivity index (χ2v) is 8.75. The molecular weight excluding hydrogens is 400 g/mol. The number of benzene rings is 2. The lowest BCUT2D eigenvalue weighted by molar-refractivity contribution is -0.101. The fourth-order valence-electron chi connectivity index (χ4n) is 5.25. The second kappa shape index (κ2) is 9.23. The van der Waals surface area contributed by atoms with E-state index in [2.05, 4.69) is 4.98 Å². The zero-order chi connectivity index (χ0) is 21.9. The van der Waals surface area contributed by atoms with E-state index in [1.165, 1.54) is 0 Å². The molecule has 164 valence electrons. The lowest BCUT2D eigenvalue weighted by Gasteiger charge is -2.50. The molecule has 2 unspecified atom stereocenters. The summed E-state index contributed by atoms with van der Waals surface area (Å²) in [5, 5.41) is 11.1. The number of fused-ring (bicyclic) bond motifs is 2. The van der Waals surface area contributed by atoms with Crippen LogP contribution in [0.2, 0.25) is 0 Å². The number of piperidine rings is 1. The third-order valence-corrected chi connectivity index (χ3v) is 6.84. The average Bonchev–Trinajstić information content (AvgIpc) is 2.84. The topological polar surface area (TPSA) is 62.7 Å². The van der Waals surface area contributed by atoms with Gasteiger partial charge in [0.1, 0.15) is 0 Å². The number of aromatic nitrogens is 1. The van der Waals surface area contributed by atoms with E-state index in [0.29, 0.717) is 25.2 Å². The Kier molecular flexibility index (Phi) is 6.02. The monoisotopic (exact) mass is 428 g/mol.